The fourth-order valence-electron chi connectivity index (χ4n) is 2.53. The van der Waals surface area contributed by atoms with E-state index in [1.807, 2.05) is 0 Å². The molecule has 0 fully saturated rings. The third-order valence-electron chi connectivity index (χ3n) is 4.00. The summed E-state index contributed by atoms with van der Waals surface area (Å²) in [5, 5.41) is 0.634. The molecule has 0 saturated carbocycles. The van der Waals surface area contributed by atoms with Crippen LogP contribution in [0.15, 0.2) is 45.6 Å². The minimum absolute atomic E-state index is 0.175. The number of hydrogen-bond acceptors (Lipinski definition) is 5. The van der Waals surface area contributed by atoms with Gasteiger partial charge in [-0.3, -0.25) is 0 Å². The second-order valence-electron chi connectivity index (χ2n) is 6.36. The molecule has 1 aromatic carbocycles. The maximum absolute atomic E-state index is 12.2. The Balaban J connectivity index is 2.04. The number of carbonyl (C=O) groups excluding carboxylic acids is 1. The van der Waals surface area contributed by atoms with Crippen molar-refractivity contribution in [2.24, 2.45) is 0 Å². The second kappa shape index (κ2) is 9.80. The largest absolute Gasteiger partial charge is 0.487 e. The molecule has 2 aromatic rings. The first-order chi connectivity index (χ1) is 12.5. The molecule has 0 aliphatic carbocycles. The van der Waals surface area contributed by atoms with Gasteiger partial charge in [0.1, 0.15) is 0 Å². The van der Waals surface area contributed by atoms with E-state index < -0.39 is 11.6 Å². The van der Waals surface area contributed by atoms with Crippen LogP contribution in [0.4, 0.5) is 0 Å². The van der Waals surface area contributed by atoms with Gasteiger partial charge in [0.05, 0.1) is 6.61 Å². The summed E-state index contributed by atoms with van der Waals surface area (Å²) in [4.78, 5) is 23.9. The zero-order valence-corrected chi connectivity index (χ0v) is 15.5. The van der Waals surface area contributed by atoms with Gasteiger partial charge in [-0.2, -0.15) is 0 Å². The van der Waals surface area contributed by atoms with E-state index in [0.717, 1.165) is 12.8 Å². The standard InChI is InChI=1S/C21H26O5/c1-4-5-6-7-8-9-13-24-18-14-16-11-10-12-17(19(16)26-21(18)23)25-20(22)15(2)3/h10-12,14H,2,4-9,13H2,1,3H3. The number of benzene rings is 1. The van der Waals surface area contributed by atoms with Crippen LogP contribution in [0.5, 0.6) is 11.5 Å². The Hall–Kier alpha value is -2.56. The van der Waals surface area contributed by atoms with Gasteiger partial charge in [0.15, 0.2) is 11.3 Å². The Morgan fingerprint density at radius 2 is 1.85 bits per heavy atom. The van der Waals surface area contributed by atoms with Crippen LogP contribution in [0.3, 0.4) is 0 Å². The van der Waals surface area contributed by atoms with Crippen molar-refractivity contribution in [3.05, 3.63) is 46.8 Å². The molecule has 0 atom stereocenters. The zero-order chi connectivity index (χ0) is 18.9. The predicted octanol–water partition coefficient (Wildman–Crippen LogP) is 5.01. The fourth-order valence-corrected chi connectivity index (χ4v) is 2.53. The summed E-state index contributed by atoms with van der Waals surface area (Å²) in [6.07, 6.45) is 6.88. The van der Waals surface area contributed by atoms with E-state index in [1.54, 1.807) is 31.2 Å². The molecule has 1 aromatic heterocycles. The Labute approximate surface area is 153 Å². The van der Waals surface area contributed by atoms with Gasteiger partial charge in [-0.15, -0.1) is 0 Å². The highest BCUT2D eigenvalue weighted by Crippen LogP contribution is 2.27. The highest BCUT2D eigenvalue weighted by atomic mass is 16.5. The van der Waals surface area contributed by atoms with Crippen LogP contribution in [0, 0.1) is 0 Å². The molecule has 5 heteroatoms. The summed E-state index contributed by atoms with van der Waals surface area (Å²) in [6.45, 7) is 7.76. The minimum atomic E-state index is -0.581. The van der Waals surface area contributed by atoms with E-state index in [2.05, 4.69) is 13.5 Å². The molecule has 140 valence electrons. The van der Waals surface area contributed by atoms with Gasteiger partial charge in [0.25, 0.3) is 0 Å². The monoisotopic (exact) mass is 358 g/mol. The molecule has 0 aliphatic rings. The molecule has 0 saturated heterocycles. The molecule has 0 amide bonds. The van der Waals surface area contributed by atoms with Crippen LogP contribution in [0.25, 0.3) is 11.0 Å². The zero-order valence-electron chi connectivity index (χ0n) is 15.5. The Kier molecular flexibility index (Phi) is 7.45. The highest BCUT2D eigenvalue weighted by molar-refractivity contribution is 5.92. The third kappa shape index (κ3) is 5.48. The van der Waals surface area contributed by atoms with E-state index in [-0.39, 0.29) is 22.7 Å². The van der Waals surface area contributed by atoms with Crippen LogP contribution >= 0.6 is 0 Å². The second-order valence-corrected chi connectivity index (χ2v) is 6.36. The molecular weight excluding hydrogens is 332 g/mol. The van der Waals surface area contributed by atoms with E-state index in [0.29, 0.717) is 12.0 Å². The van der Waals surface area contributed by atoms with Crippen LogP contribution in [0.1, 0.15) is 52.4 Å². The van der Waals surface area contributed by atoms with Gasteiger partial charge in [0.2, 0.25) is 5.75 Å². The fraction of sp³-hybridized carbons (Fsp3) is 0.429. The molecule has 0 N–H and O–H groups in total. The molecule has 0 radical (unpaired) electrons. The summed E-state index contributed by atoms with van der Waals surface area (Å²) >= 11 is 0. The van der Waals surface area contributed by atoms with Crippen LogP contribution in [-0.4, -0.2) is 12.6 Å². The van der Waals surface area contributed by atoms with Crippen molar-refractivity contribution in [2.45, 2.75) is 52.4 Å². The van der Waals surface area contributed by atoms with Gasteiger partial charge in [-0.1, -0.05) is 57.7 Å². The number of para-hydroxylation sites is 1. The number of esters is 1. The van der Waals surface area contributed by atoms with Crippen molar-refractivity contribution in [1.82, 2.24) is 0 Å². The molecule has 1 heterocycles. The maximum atomic E-state index is 12.2. The quantitative estimate of drug-likeness (QED) is 0.196. The SMILES string of the molecule is C=C(C)C(=O)Oc1cccc2cc(OCCCCCCCC)c(=O)oc12. The molecule has 0 spiro atoms. The van der Waals surface area contributed by atoms with E-state index in [9.17, 15) is 9.59 Å². The first-order valence-electron chi connectivity index (χ1n) is 9.10. The average molecular weight is 358 g/mol. The van der Waals surface area contributed by atoms with Crippen LogP contribution in [0.2, 0.25) is 0 Å². The van der Waals surface area contributed by atoms with Crippen LogP contribution < -0.4 is 15.1 Å². The molecule has 2 rings (SSSR count). The first kappa shape index (κ1) is 19.8. The lowest BCUT2D eigenvalue weighted by atomic mass is 10.1. The number of unbranched alkanes of at least 4 members (excludes halogenated alkanes) is 5. The summed E-state index contributed by atoms with van der Waals surface area (Å²) in [6, 6.07) is 6.69. The highest BCUT2D eigenvalue weighted by Gasteiger charge is 2.13. The molecule has 0 unspecified atom stereocenters. The number of hydrogen-bond donors (Lipinski definition) is 0. The summed E-state index contributed by atoms with van der Waals surface area (Å²) in [7, 11) is 0. The number of carbonyl (C=O) groups is 1. The summed E-state index contributed by atoms with van der Waals surface area (Å²) in [5.41, 5.74) is -0.0930. The van der Waals surface area contributed by atoms with Crippen molar-refractivity contribution in [1.29, 1.82) is 0 Å². The van der Waals surface area contributed by atoms with E-state index >= 15 is 0 Å². The smallest absolute Gasteiger partial charge is 0.379 e. The number of fused-ring (bicyclic) bond motifs is 1. The normalized spacial score (nSPS) is 10.7. The lowest BCUT2D eigenvalue weighted by Gasteiger charge is -2.08. The molecule has 5 nitrogen and oxygen atoms in total. The average Bonchev–Trinajstić information content (AvgIpc) is 2.61. The van der Waals surface area contributed by atoms with Crippen LogP contribution in [-0.2, 0) is 4.79 Å². The first-order valence-corrected chi connectivity index (χ1v) is 9.10. The van der Waals surface area contributed by atoms with Gasteiger partial charge in [-0.25, -0.2) is 9.59 Å². The number of ether oxygens (including phenoxy) is 2. The minimum Gasteiger partial charge on any atom is -0.487 e. The van der Waals surface area contributed by atoms with E-state index in [4.69, 9.17) is 13.9 Å². The van der Waals surface area contributed by atoms with Gasteiger partial charge in [-0.05, 0) is 25.5 Å². The van der Waals surface area contributed by atoms with Crippen molar-refractivity contribution < 1.29 is 18.7 Å². The van der Waals surface area contributed by atoms with Crippen molar-refractivity contribution in [3.8, 4) is 11.5 Å². The summed E-state index contributed by atoms with van der Waals surface area (Å²) < 4.78 is 16.1. The Bertz CT molecular complexity index is 819. The van der Waals surface area contributed by atoms with Gasteiger partial charge >= 0.3 is 11.6 Å². The van der Waals surface area contributed by atoms with Gasteiger partial charge < -0.3 is 13.9 Å². The van der Waals surface area contributed by atoms with Crippen molar-refractivity contribution in [3.63, 3.8) is 0 Å². The Morgan fingerprint density at radius 1 is 1.12 bits per heavy atom. The number of rotatable bonds is 10. The lowest BCUT2D eigenvalue weighted by molar-refractivity contribution is -0.130. The molecule has 0 aliphatic heterocycles. The Morgan fingerprint density at radius 3 is 2.58 bits per heavy atom. The van der Waals surface area contributed by atoms with Gasteiger partial charge in [0, 0.05) is 11.0 Å². The van der Waals surface area contributed by atoms with E-state index in [1.165, 1.54) is 25.7 Å². The lowest BCUT2D eigenvalue weighted by Crippen LogP contribution is -2.10. The maximum Gasteiger partial charge on any atom is 0.379 e. The third-order valence-corrected chi connectivity index (χ3v) is 4.00. The molecule has 26 heavy (non-hydrogen) atoms. The predicted molar refractivity (Wildman–Crippen MR) is 102 cm³/mol. The molecule has 0 bridgehead atoms. The van der Waals surface area contributed by atoms with Crippen molar-refractivity contribution >= 4 is 16.9 Å². The summed E-state index contributed by atoms with van der Waals surface area (Å²) in [5.74, 6) is -0.201. The van der Waals surface area contributed by atoms with Crippen molar-refractivity contribution in [2.75, 3.05) is 6.61 Å². The molecular formula is C21H26O5. The topological polar surface area (TPSA) is 65.7 Å².